The fourth-order valence-electron chi connectivity index (χ4n) is 4.67. The van der Waals surface area contributed by atoms with Gasteiger partial charge in [0, 0.05) is 22.7 Å². The Morgan fingerprint density at radius 3 is 1.12 bits per heavy atom. The Kier molecular flexibility index (Phi) is 11.8. The number of rotatable bonds is 14. The lowest BCUT2D eigenvalue weighted by atomic mass is 9.67. The van der Waals surface area contributed by atoms with Gasteiger partial charge < -0.3 is 18.9 Å². The highest BCUT2D eigenvalue weighted by atomic mass is 16.6. The predicted octanol–water partition coefficient (Wildman–Crippen LogP) is 1.12. The highest BCUT2D eigenvalue weighted by Crippen LogP contribution is 2.45. The van der Waals surface area contributed by atoms with Crippen molar-refractivity contribution >= 4 is 23.9 Å². The minimum Gasteiger partial charge on any atom is -0.468 e. The van der Waals surface area contributed by atoms with E-state index >= 15 is 0 Å². The van der Waals surface area contributed by atoms with Crippen molar-refractivity contribution in [3.8, 4) is 24.7 Å². The second-order valence-corrected chi connectivity index (χ2v) is 8.47. The van der Waals surface area contributed by atoms with E-state index in [2.05, 4.69) is 11.8 Å². The maximum Gasteiger partial charge on any atom is 0.325 e. The summed E-state index contributed by atoms with van der Waals surface area (Å²) in [6, 6.07) is 4.96. The van der Waals surface area contributed by atoms with Crippen molar-refractivity contribution in [2.24, 2.45) is 10.8 Å². The molecule has 2 atom stereocenters. The maximum absolute atomic E-state index is 12.9. The number of carbonyl (C=O) groups excluding carboxylic acids is 4. The number of terminal acetylenes is 2. The molecule has 0 heterocycles. The molecule has 0 spiro atoms. The fourth-order valence-corrected chi connectivity index (χ4v) is 4.67. The van der Waals surface area contributed by atoms with Crippen molar-refractivity contribution in [2.45, 2.75) is 24.7 Å². The van der Waals surface area contributed by atoms with E-state index in [0.717, 1.165) is 28.4 Å². The van der Waals surface area contributed by atoms with Crippen molar-refractivity contribution < 1.29 is 48.0 Å². The van der Waals surface area contributed by atoms with Gasteiger partial charge in [-0.1, -0.05) is 24.3 Å². The van der Waals surface area contributed by atoms with Crippen LogP contribution in [0.5, 0.6) is 0 Å². The van der Waals surface area contributed by atoms with E-state index in [1.165, 1.54) is 24.3 Å². The van der Waals surface area contributed by atoms with Gasteiger partial charge >= 0.3 is 23.9 Å². The van der Waals surface area contributed by atoms with Crippen molar-refractivity contribution in [1.82, 2.24) is 0 Å². The molecule has 1 aromatic carbocycles. The molecular weight excluding hydrogens is 532 g/mol. The zero-order valence-corrected chi connectivity index (χ0v) is 22.2. The molecule has 14 nitrogen and oxygen atoms in total. The van der Waals surface area contributed by atoms with Crippen molar-refractivity contribution in [1.29, 1.82) is 0 Å². The van der Waals surface area contributed by atoms with Crippen LogP contribution in [-0.4, -0.2) is 75.3 Å². The normalized spacial score (nSPS) is 12.4. The first-order valence-corrected chi connectivity index (χ1v) is 11.4. The van der Waals surface area contributed by atoms with Crippen LogP contribution in [0.25, 0.3) is 0 Å². The summed E-state index contributed by atoms with van der Waals surface area (Å²) in [6.45, 7) is -1.93. The number of ether oxygens (including phenoxy) is 4. The molecule has 1 rings (SSSR count). The number of hydrogen-bond donors (Lipinski definition) is 0. The van der Waals surface area contributed by atoms with Gasteiger partial charge in [-0.2, -0.15) is 0 Å². The van der Waals surface area contributed by atoms with Gasteiger partial charge in [0.1, 0.15) is 0 Å². The molecule has 1 aromatic rings. The Morgan fingerprint density at radius 1 is 0.700 bits per heavy atom. The Bertz CT molecular complexity index is 1100. The van der Waals surface area contributed by atoms with Crippen LogP contribution in [0.3, 0.4) is 0 Å². The lowest BCUT2D eigenvalue weighted by Gasteiger charge is -2.34. The summed E-state index contributed by atoms with van der Waals surface area (Å²) in [5, 5.41) is 23.2. The molecule has 0 saturated carbocycles. The number of methoxy groups -OCH3 is 4. The number of nitrogens with zero attached hydrogens (tertiary/aromatic N) is 2. The van der Waals surface area contributed by atoms with E-state index in [1.807, 2.05) is 0 Å². The summed E-state index contributed by atoms with van der Waals surface area (Å²) in [7, 11) is 3.87. The average Bonchev–Trinajstić information content (AvgIpc) is 2.94. The van der Waals surface area contributed by atoms with Gasteiger partial charge in [-0.25, -0.2) is 0 Å². The molecule has 14 heteroatoms. The Balaban J connectivity index is 3.98. The Morgan fingerprint density at radius 2 is 0.950 bits per heavy atom. The number of benzene rings is 1. The second kappa shape index (κ2) is 14.2. The summed E-state index contributed by atoms with van der Waals surface area (Å²) < 4.78 is 19.1. The number of nitro groups is 2. The van der Waals surface area contributed by atoms with Crippen LogP contribution in [-0.2, 0) is 38.1 Å². The molecule has 0 fully saturated rings. The summed E-state index contributed by atoms with van der Waals surface area (Å²) in [5.74, 6) is -3.41. The Hall–Kier alpha value is -4.98. The quantitative estimate of drug-likeness (QED) is 0.0787. The van der Waals surface area contributed by atoms with Crippen LogP contribution in [0.15, 0.2) is 24.3 Å². The van der Waals surface area contributed by atoms with Crippen molar-refractivity contribution in [2.75, 3.05) is 41.5 Å². The number of hydrogen-bond acceptors (Lipinski definition) is 12. The standard InChI is InChI=1S/C26H28N2O12/c1-7-13-25(21(29)37-3,22(30)38-4)19(15-27(33)34)17-9-11-18(12-10-17)20(16-28(35)36)26(14-8-2,23(31)39-5)24(32)40-6/h1-2,9-12,19-20H,13-16H2,3-6H3. The van der Waals surface area contributed by atoms with E-state index in [0.29, 0.717) is 0 Å². The fraction of sp³-hybridized carbons (Fsp3) is 0.462. The first-order valence-electron chi connectivity index (χ1n) is 11.4. The summed E-state index contributed by atoms with van der Waals surface area (Å²) in [6.07, 6.45) is 9.59. The van der Waals surface area contributed by atoms with Crippen molar-refractivity contribution in [3.63, 3.8) is 0 Å². The molecule has 0 N–H and O–H groups in total. The molecule has 214 valence electrons. The molecule has 0 aliphatic heterocycles. The Labute approximate surface area is 229 Å². The zero-order chi connectivity index (χ0) is 30.7. The highest BCUT2D eigenvalue weighted by molar-refractivity contribution is 6.02. The van der Waals surface area contributed by atoms with Crippen LogP contribution in [0.2, 0.25) is 0 Å². The average molecular weight is 561 g/mol. The van der Waals surface area contributed by atoms with Gasteiger partial charge in [0.15, 0.2) is 10.8 Å². The minimum absolute atomic E-state index is 0.0324. The van der Waals surface area contributed by atoms with Gasteiger partial charge in [0.25, 0.3) is 0 Å². The second-order valence-electron chi connectivity index (χ2n) is 8.47. The summed E-state index contributed by atoms with van der Waals surface area (Å²) >= 11 is 0. The topological polar surface area (TPSA) is 191 Å². The van der Waals surface area contributed by atoms with E-state index in [-0.39, 0.29) is 11.1 Å². The molecule has 0 saturated heterocycles. The van der Waals surface area contributed by atoms with Crippen LogP contribution in [0.1, 0.15) is 35.8 Å². The third-order valence-corrected chi connectivity index (χ3v) is 6.55. The molecular formula is C26H28N2O12. The molecule has 0 aliphatic carbocycles. The molecule has 0 aliphatic rings. The SMILES string of the molecule is C#CCC(C(=O)OC)(C(=O)OC)C(C[N+](=O)[O-])c1ccc(C(C[N+](=O)[O-])C(CC#C)(C(=O)OC)C(=O)OC)cc1. The third kappa shape index (κ3) is 6.35. The smallest absolute Gasteiger partial charge is 0.325 e. The van der Waals surface area contributed by atoms with Crippen molar-refractivity contribution in [3.05, 3.63) is 55.6 Å². The van der Waals surface area contributed by atoms with E-state index in [9.17, 15) is 39.4 Å². The number of carbonyl (C=O) groups is 4. The van der Waals surface area contributed by atoms with Crippen LogP contribution >= 0.6 is 0 Å². The largest absolute Gasteiger partial charge is 0.468 e. The molecule has 2 unspecified atom stereocenters. The van der Waals surface area contributed by atoms with Gasteiger partial charge in [-0.15, -0.1) is 24.7 Å². The zero-order valence-electron chi connectivity index (χ0n) is 22.2. The molecule has 0 radical (unpaired) electrons. The minimum atomic E-state index is -2.32. The van der Waals surface area contributed by atoms with E-state index in [1.54, 1.807) is 0 Å². The first-order chi connectivity index (χ1) is 18.9. The van der Waals surface area contributed by atoms with Crippen LogP contribution in [0.4, 0.5) is 0 Å². The van der Waals surface area contributed by atoms with E-state index < -0.39 is 82.3 Å². The lowest BCUT2D eigenvalue weighted by Crippen LogP contribution is -2.48. The summed E-state index contributed by atoms with van der Waals surface area (Å²) in [4.78, 5) is 73.3. The molecule has 40 heavy (non-hydrogen) atoms. The summed E-state index contributed by atoms with van der Waals surface area (Å²) in [5.41, 5.74) is -4.58. The molecule has 0 aromatic heterocycles. The van der Waals surface area contributed by atoms with Crippen LogP contribution in [0, 0.1) is 55.7 Å². The monoisotopic (exact) mass is 560 g/mol. The predicted molar refractivity (Wildman–Crippen MR) is 135 cm³/mol. The third-order valence-electron chi connectivity index (χ3n) is 6.55. The highest BCUT2D eigenvalue weighted by Gasteiger charge is 2.58. The maximum atomic E-state index is 12.9. The van der Waals surface area contributed by atoms with Gasteiger partial charge in [-0.3, -0.25) is 39.4 Å². The van der Waals surface area contributed by atoms with Gasteiger partial charge in [0.05, 0.1) is 40.3 Å². The first kappa shape index (κ1) is 33.0. The van der Waals surface area contributed by atoms with Crippen LogP contribution < -0.4 is 0 Å². The lowest BCUT2D eigenvalue weighted by molar-refractivity contribution is -0.485. The molecule has 0 amide bonds. The van der Waals surface area contributed by atoms with Gasteiger partial charge in [-0.05, 0) is 11.1 Å². The number of esters is 4. The molecule has 0 bridgehead atoms. The van der Waals surface area contributed by atoms with Gasteiger partial charge in [0.2, 0.25) is 13.1 Å². The van der Waals surface area contributed by atoms with E-state index in [4.69, 9.17) is 31.8 Å².